The molecule has 0 spiro atoms. The van der Waals surface area contributed by atoms with Crippen LogP contribution in [0.3, 0.4) is 0 Å². The van der Waals surface area contributed by atoms with Crippen molar-refractivity contribution in [3.8, 4) is 0 Å². The molecule has 162 valence electrons. The maximum atomic E-state index is 11.9. The molecule has 0 amide bonds. The first-order valence-electron chi connectivity index (χ1n) is 11.0. The van der Waals surface area contributed by atoms with Crippen molar-refractivity contribution in [1.29, 1.82) is 0 Å². The summed E-state index contributed by atoms with van der Waals surface area (Å²) in [4.78, 5) is 0. The zero-order chi connectivity index (χ0) is 19.6. The number of hydrogen-bond donors (Lipinski definition) is 0. The van der Waals surface area contributed by atoms with E-state index < -0.39 is 10.1 Å². The smallest absolute Gasteiger partial charge is 0.270 e. The lowest BCUT2D eigenvalue weighted by Crippen LogP contribution is -2.09. The molecule has 0 fully saturated rings. The monoisotopic (exact) mass is 426 g/mol. The summed E-state index contributed by atoms with van der Waals surface area (Å²) in [7, 11) is -3.45. The molecule has 28 heavy (non-hydrogen) atoms. The zero-order valence-corrected chi connectivity index (χ0v) is 18.1. The molecule has 0 unspecified atom stereocenters. The predicted octanol–water partition coefficient (Wildman–Crippen LogP) is 5.83. The van der Waals surface area contributed by atoms with Crippen molar-refractivity contribution in [2.75, 3.05) is 6.61 Å². The molecule has 1 aromatic rings. The predicted molar refractivity (Wildman–Crippen MR) is 125 cm³/mol. The third kappa shape index (κ3) is 16.6. The third-order valence-electron chi connectivity index (χ3n) is 4.95. The van der Waals surface area contributed by atoms with Crippen molar-refractivity contribution in [1.82, 2.24) is 0 Å². The Morgan fingerprint density at radius 3 is 1.57 bits per heavy atom. The van der Waals surface area contributed by atoms with Crippen LogP contribution in [0.15, 0.2) is 30.3 Å². The van der Waals surface area contributed by atoms with E-state index in [2.05, 4.69) is 6.92 Å². The highest BCUT2D eigenvalue weighted by Crippen LogP contribution is 2.13. The first-order valence-corrected chi connectivity index (χ1v) is 12.6. The van der Waals surface area contributed by atoms with Gasteiger partial charge in [0.25, 0.3) is 10.1 Å². The summed E-state index contributed by atoms with van der Waals surface area (Å²) >= 11 is 0. The summed E-state index contributed by atoms with van der Waals surface area (Å²) in [6.07, 6.45) is 18.1. The van der Waals surface area contributed by atoms with Gasteiger partial charge in [-0.05, 0) is 12.0 Å². The molecule has 0 heterocycles. The van der Waals surface area contributed by atoms with Crippen LogP contribution in [0.5, 0.6) is 0 Å². The fourth-order valence-electron chi connectivity index (χ4n) is 3.30. The van der Waals surface area contributed by atoms with Crippen LogP contribution in [0.25, 0.3) is 0 Å². The summed E-state index contributed by atoms with van der Waals surface area (Å²) in [5, 5.41) is 0. The molecule has 0 saturated heterocycles. The van der Waals surface area contributed by atoms with Crippen molar-refractivity contribution in [2.24, 2.45) is 0 Å². The second-order valence-corrected chi connectivity index (χ2v) is 9.25. The van der Waals surface area contributed by atoms with Gasteiger partial charge in [0.2, 0.25) is 0 Å². The topological polar surface area (TPSA) is 43.4 Å². The molecule has 0 bridgehead atoms. The maximum Gasteiger partial charge on any atom is 0.271 e. The minimum atomic E-state index is -3.45. The summed E-state index contributed by atoms with van der Waals surface area (Å²) < 4.78 is 28.9. The van der Waals surface area contributed by atoms with E-state index in [1.54, 1.807) is 0 Å². The van der Waals surface area contributed by atoms with E-state index in [1.165, 1.54) is 77.0 Å². The number of hydrogen-bond acceptors (Lipinski definition) is 3. The van der Waals surface area contributed by atoms with Gasteiger partial charge in [-0.15, -0.1) is 0 Å². The lowest BCUT2D eigenvalue weighted by atomic mass is 10.0. The molecular formula is C23H43AlO3S. The fourth-order valence-corrected chi connectivity index (χ4v) is 4.36. The quantitative estimate of drug-likeness (QED) is 0.168. The molecule has 3 nitrogen and oxygen atoms in total. The van der Waals surface area contributed by atoms with Crippen molar-refractivity contribution < 1.29 is 12.6 Å². The van der Waals surface area contributed by atoms with E-state index in [1.807, 2.05) is 30.3 Å². The Bertz CT molecular complexity index is 546. The number of rotatable bonds is 18. The highest BCUT2D eigenvalue weighted by Gasteiger charge is 2.11. The van der Waals surface area contributed by atoms with Gasteiger partial charge in [-0.25, -0.2) is 0 Å². The zero-order valence-electron chi connectivity index (χ0n) is 17.3. The summed E-state index contributed by atoms with van der Waals surface area (Å²) in [5.74, 6) is -0.0353. The Labute approximate surface area is 184 Å². The van der Waals surface area contributed by atoms with Crippen molar-refractivity contribution in [3.63, 3.8) is 0 Å². The Kier molecular flexibility index (Phi) is 18.5. The van der Waals surface area contributed by atoms with Crippen LogP contribution in [-0.2, 0) is 20.1 Å². The minimum absolute atomic E-state index is 0. The molecule has 0 aliphatic carbocycles. The van der Waals surface area contributed by atoms with E-state index in [0.29, 0.717) is 6.61 Å². The average molecular weight is 427 g/mol. The standard InChI is InChI=1S/C23H40O3S.Al.3H/c1-2-3-4-5-6-7-8-9-10-11-12-13-14-18-21-26-27(24,25)22-23-19-16-15-17-20-23;;;;/h15-17,19-20H,2-14,18,21-22H2,1H3;;;;. The van der Waals surface area contributed by atoms with Gasteiger partial charge >= 0.3 is 0 Å². The Hall–Kier alpha value is -0.338. The van der Waals surface area contributed by atoms with Crippen molar-refractivity contribution in [3.05, 3.63) is 35.9 Å². The lowest BCUT2D eigenvalue weighted by Gasteiger charge is -2.06. The minimum Gasteiger partial charge on any atom is -0.270 e. The Balaban J connectivity index is 0.00000729. The molecular weight excluding hydrogens is 383 g/mol. The van der Waals surface area contributed by atoms with Gasteiger partial charge in [0.1, 0.15) is 5.75 Å². The fraction of sp³-hybridized carbons (Fsp3) is 0.739. The molecule has 1 rings (SSSR count). The van der Waals surface area contributed by atoms with Crippen LogP contribution in [0.4, 0.5) is 0 Å². The van der Waals surface area contributed by atoms with Crippen molar-refractivity contribution >= 4 is 27.5 Å². The molecule has 0 aliphatic rings. The van der Waals surface area contributed by atoms with E-state index >= 15 is 0 Å². The van der Waals surface area contributed by atoms with Gasteiger partial charge in [0.05, 0.1) is 6.61 Å². The summed E-state index contributed by atoms with van der Waals surface area (Å²) in [5.41, 5.74) is 0.776. The highest BCUT2D eigenvalue weighted by molar-refractivity contribution is 7.85. The van der Waals surface area contributed by atoms with Crippen LogP contribution in [-0.4, -0.2) is 32.4 Å². The molecule has 0 radical (unpaired) electrons. The molecule has 0 saturated carbocycles. The average Bonchev–Trinajstić information content (AvgIpc) is 2.65. The van der Waals surface area contributed by atoms with Gasteiger partial charge in [-0.3, -0.25) is 4.18 Å². The maximum absolute atomic E-state index is 11.9. The third-order valence-corrected chi connectivity index (χ3v) is 6.16. The van der Waals surface area contributed by atoms with Crippen LogP contribution < -0.4 is 0 Å². The van der Waals surface area contributed by atoms with E-state index in [-0.39, 0.29) is 23.1 Å². The number of benzene rings is 1. The van der Waals surface area contributed by atoms with Crippen LogP contribution >= 0.6 is 0 Å². The molecule has 0 aromatic heterocycles. The van der Waals surface area contributed by atoms with Gasteiger partial charge in [0.15, 0.2) is 17.4 Å². The van der Waals surface area contributed by atoms with E-state index in [0.717, 1.165) is 18.4 Å². The second-order valence-electron chi connectivity index (χ2n) is 7.61. The SMILES string of the molecule is CCCCCCCCCCCCCCCCOS(=O)(=O)Cc1ccccc1.[AlH3]. The molecule has 0 aliphatic heterocycles. The Morgan fingerprint density at radius 2 is 1.11 bits per heavy atom. The van der Waals surface area contributed by atoms with Crippen LogP contribution in [0, 0.1) is 0 Å². The van der Waals surface area contributed by atoms with Gasteiger partial charge in [0, 0.05) is 0 Å². The highest BCUT2D eigenvalue weighted by atomic mass is 32.2. The molecule has 0 N–H and O–H groups in total. The van der Waals surface area contributed by atoms with Gasteiger partial charge < -0.3 is 0 Å². The van der Waals surface area contributed by atoms with E-state index in [9.17, 15) is 8.42 Å². The largest absolute Gasteiger partial charge is 0.271 e. The summed E-state index contributed by atoms with van der Waals surface area (Å²) in [6, 6.07) is 9.20. The van der Waals surface area contributed by atoms with Crippen LogP contribution in [0.2, 0.25) is 0 Å². The van der Waals surface area contributed by atoms with Crippen molar-refractivity contribution in [2.45, 2.75) is 103 Å². The molecule has 1 aromatic carbocycles. The Morgan fingerprint density at radius 1 is 0.679 bits per heavy atom. The molecule has 0 atom stereocenters. The first kappa shape index (κ1) is 27.7. The number of unbranched alkanes of at least 4 members (excludes halogenated alkanes) is 13. The van der Waals surface area contributed by atoms with Crippen LogP contribution in [0.1, 0.15) is 102 Å². The van der Waals surface area contributed by atoms with Gasteiger partial charge in [-0.1, -0.05) is 121 Å². The normalized spacial score (nSPS) is 11.3. The summed E-state index contributed by atoms with van der Waals surface area (Å²) in [6.45, 7) is 2.58. The van der Waals surface area contributed by atoms with E-state index in [4.69, 9.17) is 4.18 Å². The second kappa shape index (κ2) is 18.7. The lowest BCUT2D eigenvalue weighted by molar-refractivity contribution is 0.305. The van der Waals surface area contributed by atoms with Gasteiger partial charge in [-0.2, -0.15) is 8.42 Å². The molecule has 5 heteroatoms. The first-order chi connectivity index (χ1) is 13.1.